The van der Waals surface area contributed by atoms with Gasteiger partial charge in [-0.25, -0.2) is 0 Å². The number of benzene rings is 2. The maximum Gasteiger partial charge on any atom is 0.0586 e. The van der Waals surface area contributed by atoms with E-state index in [4.69, 9.17) is 0 Å². The predicted molar refractivity (Wildman–Crippen MR) is 99.3 cm³/mol. The van der Waals surface area contributed by atoms with E-state index in [0.29, 0.717) is 0 Å². The highest BCUT2D eigenvalue weighted by Gasteiger charge is 2.29. The molecule has 3 heteroatoms. The first-order chi connectivity index (χ1) is 10.3. The van der Waals surface area contributed by atoms with Crippen molar-refractivity contribution in [2.45, 2.75) is 6.92 Å². The van der Waals surface area contributed by atoms with Crippen LogP contribution in [0.1, 0.15) is 18.1 Å². The Labute approximate surface area is 138 Å². The van der Waals surface area contributed by atoms with E-state index in [-0.39, 0.29) is 0 Å². The molecule has 2 aromatic rings. The van der Waals surface area contributed by atoms with Gasteiger partial charge in [0.2, 0.25) is 0 Å². The molecule has 21 heavy (non-hydrogen) atoms. The van der Waals surface area contributed by atoms with Gasteiger partial charge in [-0.15, -0.1) is 11.8 Å². The van der Waals surface area contributed by atoms with Gasteiger partial charge in [0.15, 0.2) is 0 Å². The van der Waals surface area contributed by atoms with Gasteiger partial charge in [0.25, 0.3) is 0 Å². The lowest BCUT2D eigenvalue weighted by atomic mass is 10.1. The zero-order valence-electron chi connectivity index (χ0n) is 11.8. The van der Waals surface area contributed by atoms with Crippen molar-refractivity contribution in [3.05, 3.63) is 73.0 Å². The second-order valence-electron chi connectivity index (χ2n) is 5.01. The molecule has 4 rings (SSSR count). The normalized spacial score (nSPS) is 16.5. The quantitative estimate of drug-likeness (QED) is 0.506. The van der Waals surface area contributed by atoms with Gasteiger partial charge in [-0.3, -0.25) is 0 Å². The number of allylic oxidation sites excluding steroid dienone is 1. The standard InChI is InChI=1S/C18H14S3/c1-11-17(19-2)21-18(20-11)16-14-9-5-3-7-12(14)13-8-4-6-10-15(13)16/h3-10H,1-2H3. The van der Waals surface area contributed by atoms with Crippen LogP contribution in [-0.2, 0) is 0 Å². The van der Waals surface area contributed by atoms with Crippen LogP contribution in [0.4, 0.5) is 0 Å². The van der Waals surface area contributed by atoms with Gasteiger partial charge in [0, 0.05) is 10.5 Å². The van der Waals surface area contributed by atoms with E-state index in [1.54, 1.807) is 0 Å². The average molecular weight is 327 g/mol. The third-order valence-corrected chi connectivity index (χ3v) is 7.76. The van der Waals surface area contributed by atoms with Gasteiger partial charge in [-0.1, -0.05) is 72.1 Å². The summed E-state index contributed by atoms with van der Waals surface area (Å²) in [6.45, 7) is 2.23. The first-order valence-electron chi connectivity index (χ1n) is 6.83. The van der Waals surface area contributed by atoms with Gasteiger partial charge in [-0.2, -0.15) is 0 Å². The molecule has 0 amide bonds. The van der Waals surface area contributed by atoms with Crippen molar-refractivity contribution < 1.29 is 0 Å². The Morgan fingerprint density at radius 3 is 1.76 bits per heavy atom. The molecule has 0 saturated carbocycles. The minimum absolute atomic E-state index is 1.37. The Morgan fingerprint density at radius 1 is 0.762 bits per heavy atom. The zero-order chi connectivity index (χ0) is 14.4. The number of hydrogen-bond donors (Lipinski definition) is 0. The Morgan fingerprint density at radius 2 is 1.29 bits per heavy atom. The number of thioether (sulfide) groups is 3. The second-order valence-corrected chi connectivity index (χ2v) is 8.58. The number of fused-ring (bicyclic) bond motifs is 3. The van der Waals surface area contributed by atoms with Crippen LogP contribution in [-0.4, -0.2) is 6.26 Å². The van der Waals surface area contributed by atoms with Crippen LogP contribution in [0.3, 0.4) is 0 Å². The molecule has 1 heterocycles. The molecular weight excluding hydrogens is 312 g/mol. The average Bonchev–Trinajstić information content (AvgIpc) is 3.05. The molecule has 104 valence electrons. The van der Waals surface area contributed by atoms with Crippen LogP contribution < -0.4 is 0 Å². The zero-order valence-corrected chi connectivity index (χ0v) is 14.3. The summed E-state index contributed by atoms with van der Waals surface area (Å²) < 4.78 is 2.86. The summed E-state index contributed by atoms with van der Waals surface area (Å²) in [5.41, 5.74) is 6.91. The summed E-state index contributed by atoms with van der Waals surface area (Å²) in [7, 11) is 0. The van der Waals surface area contributed by atoms with E-state index in [1.807, 2.05) is 35.3 Å². The topological polar surface area (TPSA) is 0 Å². The van der Waals surface area contributed by atoms with Gasteiger partial charge in [0.05, 0.1) is 8.47 Å². The molecule has 0 radical (unpaired) electrons. The lowest BCUT2D eigenvalue weighted by Crippen LogP contribution is -1.83. The van der Waals surface area contributed by atoms with Crippen LogP contribution in [0.2, 0.25) is 0 Å². The molecule has 0 spiro atoms. The molecule has 0 bridgehead atoms. The fourth-order valence-corrected chi connectivity index (χ4v) is 6.65. The Balaban J connectivity index is 1.95. The monoisotopic (exact) mass is 326 g/mol. The van der Waals surface area contributed by atoms with E-state index in [0.717, 1.165) is 0 Å². The molecule has 1 aliphatic heterocycles. The van der Waals surface area contributed by atoms with Crippen LogP contribution in [0.25, 0.3) is 16.7 Å². The molecule has 0 atom stereocenters. The smallest absolute Gasteiger partial charge is 0.0586 e. The molecule has 0 N–H and O–H groups in total. The maximum absolute atomic E-state index is 2.26. The van der Waals surface area contributed by atoms with Crippen molar-refractivity contribution in [1.29, 1.82) is 0 Å². The van der Waals surface area contributed by atoms with Gasteiger partial charge >= 0.3 is 0 Å². The van der Waals surface area contributed by atoms with Crippen LogP contribution >= 0.6 is 35.3 Å². The summed E-state index contributed by atoms with van der Waals surface area (Å²) >= 11 is 5.71. The van der Waals surface area contributed by atoms with E-state index in [2.05, 4.69) is 61.7 Å². The van der Waals surface area contributed by atoms with Crippen LogP contribution in [0.5, 0.6) is 0 Å². The van der Waals surface area contributed by atoms with E-state index in [9.17, 15) is 0 Å². The Kier molecular flexibility index (Phi) is 3.44. The molecule has 2 aliphatic rings. The Hall–Kier alpha value is -1.03. The molecule has 2 aromatic carbocycles. The largest absolute Gasteiger partial charge is 0.122 e. The molecule has 0 unspecified atom stereocenters. The van der Waals surface area contributed by atoms with Crippen molar-refractivity contribution in [2.75, 3.05) is 6.26 Å². The fraction of sp³-hybridized carbons (Fsp3) is 0.111. The van der Waals surface area contributed by atoms with Crippen molar-refractivity contribution in [3.63, 3.8) is 0 Å². The van der Waals surface area contributed by atoms with Crippen molar-refractivity contribution in [3.8, 4) is 11.1 Å². The van der Waals surface area contributed by atoms with E-state index >= 15 is 0 Å². The number of rotatable bonds is 1. The SMILES string of the molecule is CSC1=C(C)SC(=C2c3ccccc3-c3ccccc32)S1. The lowest BCUT2D eigenvalue weighted by molar-refractivity contribution is 1.65. The van der Waals surface area contributed by atoms with Crippen molar-refractivity contribution >= 4 is 40.9 Å². The van der Waals surface area contributed by atoms with Gasteiger partial charge < -0.3 is 0 Å². The minimum Gasteiger partial charge on any atom is -0.122 e. The highest BCUT2D eigenvalue weighted by Crippen LogP contribution is 2.58. The fourth-order valence-electron chi connectivity index (χ4n) is 2.88. The summed E-state index contributed by atoms with van der Waals surface area (Å²) in [5.74, 6) is 0. The minimum atomic E-state index is 1.37. The maximum atomic E-state index is 2.26. The first kappa shape index (κ1) is 13.6. The van der Waals surface area contributed by atoms with Crippen LogP contribution in [0.15, 0.2) is 61.9 Å². The number of hydrogen-bond acceptors (Lipinski definition) is 3. The second kappa shape index (κ2) is 5.31. The summed E-state index contributed by atoms with van der Waals surface area (Å²) in [4.78, 5) is 1.43. The summed E-state index contributed by atoms with van der Waals surface area (Å²) in [6.07, 6.45) is 2.16. The van der Waals surface area contributed by atoms with E-state index in [1.165, 1.54) is 41.2 Å². The van der Waals surface area contributed by atoms with Gasteiger partial charge in [0.1, 0.15) is 0 Å². The molecule has 0 fully saturated rings. The molecule has 1 aliphatic carbocycles. The van der Waals surface area contributed by atoms with Gasteiger partial charge in [-0.05, 0) is 35.4 Å². The summed E-state index contributed by atoms with van der Waals surface area (Å²) in [6, 6.07) is 17.5. The highest BCUT2D eigenvalue weighted by atomic mass is 32.2. The van der Waals surface area contributed by atoms with Crippen LogP contribution in [0, 0.1) is 0 Å². The first-order valence-corrected chi connectivity index (χ1v) is 9.69. The molecule has 0 aromatic heterocycles. The lowest BCUT2D eigenvalue weighted by Gasteiger charge is -2.07. The Bertz CT molecular complexity index is 752. The summed E-state index contributed by atoms with van der Waals surface area (Å²) in [5, 5.41) is 0. The molecular formula is C18H14S3. The molecule has 0 saturated heterocycles. The molecule has 0 nitrogen and oxygen atoms in total. The van der Waals surface area contributed by atoms with Crippen molar-refractivity contribution in [2.24, 2.45) is 0 Å². The predicted octanol–water partition coefficient (Wildman–Crippen LogP) is 6.42. The highest BCUT2D eigenvalue weighted by molar-refractivity contribution is 8.35. The van der Waals surface area contributed by atoms with E-state index < -0.39 is 0 Å². The third kappa shape index (κ3) is 2.10. The third-order valence-electron chi connectivity index (χ3n) is 3.79. The van der Waals surface area contributed by atoms with Crippen molar-refractivity contribution in [1.82, 2.24) is 0 Å².